The molecule has 16 heteroatoms. The van der Waals surface area contributed by atoms with Gasteiger partial charge in [0, 0.05) is 49.5 Å². The fraction of sp³-hybridized carbons (Fsp3) is 0.650. The molecule has 56 heavy (non-hydrogen) atoms. The number of aromatic nitrogens is 1. The van der Waals surface area contributed by atoms with Gasteiger partial charge in [-0.15, -0.1) is 11.3 Å². The zero-order chi connectivity index (χ0) is 41.9. The van der Waals surface area contributed by atoms with E-state index in [1.807, 2.05) is 46.6 Å². The molecule has 310 valence electrons. The maximum Gasteiger partial charge on any atom is 0.309 e. The van der Waals surface area contributed by atoms with Crippen LogP contribution in [0.5, 0.6) is 0 Å². The smallest absolute Gasteiger partial charge is 0.309 e. The molecule has 2 heterocycles. The molecule has 1 aromatic carbocycles. The minimum atomic E-state index is -1.20. The first-order valence-electron chi connectivity index (χ1n) is 19.5. The topological polar surface area (TPSA) is 201 Å². The van der Waals surface area contributed by atoms with Crippen molar-refractivity contribution in [3.05, 3.63) is 56.0 Å². The van der Waals surface area contributed by atoms with Crippen LogP contribution in [0.2, 0.25) is 0 Å². The van der Waals surface area contributed by atoms with Crippen LogP contribution >= 0.6 is 11.3 Å². The number of hydrogen-bond acceptors (Lipinski definition) is 11. The van der Waals surface area contributed by atoms with E-state index in [4.69, 9.17) is 4.74 Å². The molecule has 0 spiro atoms. The summed E-state index contributed by atoms with van der Waals surface area (Å²) in [5, 5.41) is 28.9. The first-order chi connectivity index (χ1) is 26.2. The van der Waals surface area contributed by atoms with Crippen LogP contribution in [0.15, 0.2) is 29.6 Å². The number of ether oxygens (including phenoxy) is 1. The number of nitro benzene ring substituents is 1. The number of esters is 1. The van der Waals surface area contributed by atoms with Crippen molar-refractivity contribution in [1.82, 2.24) is 25.4 Å². The number of benzene rings is 1. The molecule has 0 aliphatic carbocycles. The third kappa shape index (κ3) is 12.8. The highest BCUT2D eigenvalue weighted by Gasteiger charge is 2.38. The number of thiazole rings is 1. The van der Waals surface area contributed by atoms with Gasteiger partial charge in [0.05, 0.1) is 16.4 Å². The van der Waals surface area contributed by atoms with E-state index in [-0.39, 0.29) is 60.3 Å². The molecule has 0 radical (unpaired) electrons. The molecule has 5 atom stereocenters. The second-order valence-electron chi connectivity index (χ2n) is 16.2. The molecule has 3 rings (SSSR count). The second kappa shape index (κ2) is 20.6. The summed E-state index contributed by atoms with van der Waals surface area (Å²) < 4.78 is 5.81. The predicted molar refractivity (Wildman–Crippen MR) is 213 cm³/mol. The van der Waals surface area contributed by atoms with Gasteiger partial charge >= 0.3 is 11.9 Å². The SMILES string of the molecule is CCCN(C(=O)[C@@H](NC(=O)[C@H]1CCCCN1C)C(C)C)[C@H](C[C@@H](OC(C)=O)c1nc(C(=O)N[C@@H](Cc2ccc([N+](=O)[O-])cc2)CC(C)(C)C(=O)O)cs1)C(C)C. The maximum atomic E-state index is 14.4. The number of non-ortho nitro benzene ring substituents is 1. The van der Waals surface area contributed by atoms with E-state index in [0.717, 1.165) is 37.1 Å². The highest BCUT2D eigenvalue weighted by Crippen LogP contribution is 2.32. The third-order valence-electron chi connectivity index (χ3n) is 10.3. The Balaban J connectivity index is 1.88. The van der Waals surface area contributed by atoms with Crippen LogP contribution < -0.4 is 10.6 Å². The quantitative estimate of drug-likeness (QED) is 0.0833. The molecule has 1 aliphatic rings. The van der Waals surface area contributed by atoms with Crippen LogP contribution in [0.4, 0.5) is 5.69 Å². The van der Waals surface area contributed by atoms with Crippen molar-refractivity contribution in [3.63, 3.8) is 0 Å². The fourth-order valence-electron chi connectivity index (χ4n) is 7.12. The number of carboxylic acid groups (broad SMARTS) is 1. The lowest BCUT2D eigenvalue weighted by atomic mass is 9.84. The van der Waals surface area contributed by atoms with Crippen LogP contribution in [0, 0.1) is 27.4 Å². The monoisotopic (exact) mass is 800 g/mol. The van der Waals surface area contributed by atoms with E-state index >= 15 is 0 Å². The van der Waals surface area contributed by atoms with Crippen molar-refractivity contribution in [2.75, 3.05) is 20.1 Å². The number of rotatable bonds is 20. The molecule has 1 saturated heterocycles. The number of hydrogen-bond donors (Lipinski definition) is 3. The van der Waals surface area contributed by atoms with E-state index in [2.05, 4.69) is 15.6 Å². The van der Waals surface area contributed by atoms with E-state index in [9.17, 15) is 39.2 Å². The average molecular weight is 801 g/mol. The number of nitrogens with one attached hydrogen (secondary N) is 2. The summed E-state index contributed by atoms with van der Waals surface area (Å²) in [4.78, 5) is 85.1. The number of nitro groups is 1. The Labute approximate surface area is 334 Å². The number of amides is 3. The summed E-state index contributed by atoms with van der Waals surface area (Å²) >= 11 is 1.13. The van der Waals surface area contributed by atoms with Gasteiger partial charge in [-0.25, -0.2) is 4.98 Å². The Kier molecular flexibility index (Phi) is 16.9. The zero-order valence-corrected chi connectivity index (χ0v) is 35.0. The molecule has 15 nitrogen and oxygen atoms in total. The number of piperidine rings is 1. The Morgan fingerprint density at radius 2 is 1.75 bits per heavy atom. The number of carbonyl (C=O) groups is 5. The molecule has 2 aromatic rings. The van der Waals surface area contributed by atoms with Gasteiger partial charge in [-0.2, -0.15) is 0 Å². The van der Waals surface area contributed by atoms with Gasteiger partial charge in [-0.3, -0.25) is 39.0 Å². The predicted octanol–water partition coefficient (Wildman–Crippen LogP) is 5.78. The van der Waals surface area contributed by atoms with Gasteiger partial charge in [-0.1, -0.05) is 53.2 Å². The normalized spacial score (nSPS) is 17.1. The van der Waals surface area contributed by atoms with E-state index in [0.29, 0.717) is 23.5 Å². The van der Waals surface area contributed by atoms with Crippen LogP contribution in [0.1, 0.15) is 121 Å². The van der Waals surface area contributed by atoms with E-state index < -0.39 is 52.4 Å². The molecule has 3 N–H and O–H groups in total. The van der Waals surface area contributed by atoms with Crippen LogP contribution in [-0.2, 0) is 30.3 Å². The molecule has 3 amide bonds. The molecule has 1 aliphatic heterocycles. The molecule has 0 saturated carbocycles. The highest BCUT2D eigenvalue weighted by molar-refractivity contribution is 7.09. The Bertz CT molecular complexity index is 1680. The van der Waals surface area contributed by atoms with Gasteiger partial charge < -0.3 is 25.4 Å². The first kappa shape index (κ1) is 45.9. The number of likely N-dealkylation sites (N-methyl/N-ethyl adjacent to an activating group) is 1. The van der Waals surface area contributed by atoms with Crippen molar-refractivity contribution in [2.24, 2.45) is 17.3 Å². The molecular formula is C40H60N6O9S. The highest BCUT2D eigenvalue weighted by atomic mass is 32.1. The lowest BCUT2D eigenvalue weighted by Crippen LogP contribution is -2.58. The average Bonchev–Trinajstić information content (AvgIpc) is 3.62. The summed E-state index contributed by atoms with van der Waals surface area (Å²) in [6.07, 6.45) is 2.92. The Morgan fingerprint density at radius 3 is 2.29 bits per heavy atom. The number of nitrogens with zero attached hydrogens (tertiary/aromatic N) is 4. The van der Waals surface area contributed by atoms with Gasteiger partial charge in [0.25, 0.3) is 11.6 Å². The number of likely N-dealkylation sites (tertiary alicyclic amines) is 1. The van der Waals surface area contributed by atoms with Gasteiger partial charge in [0.1, 0.15) is 16.7 Å². The summed E-state index contributed by atoms with van der Waals surface area (Å²) in [6.45, 7) is 15.4. The van der Waals surface area contributed by atoms with Crippen molar-refractivity contribution in [3.8, 4) is 0 Å². The van der Waals surface area contributed by atoms with Crippen molar-refractivity contribution in [1.29, 1.82) is 0 Å². The summed E-state index contributed by atoms with van der Waals surface area (Å²) in [5.41, 5.74) is -0.582. The number of carbonyl (C=O) groups excluding carboxylic acids is 4. The van der Waals surface area contributed by atoms with Crippen molar-refractivity contribution >= 4 is 46.7 Å². The van der Waals surface area contributed by atoms with E-state index in [1.165, 1.54) is 19.1 Å². The van der Waals surface area contributed by atoms with Gasteiger partial charge in [0.2, 0.25) is 11.8 Å². The molecular weight excluding hydrogens is 741 g/mol. The fourth-order valence-corrected chi connectivity index (χ4v) is 7.96. The Hall–Kier alpha value is -4.44. The lowest BCUT2D eigenvalue weighted by Gasteiger charge is -2.39. The van der Waals surface area contributed by atoms with Gasteiger partial charge in [-0.05, 0) is 76.9 Å². The van der Waals surface area contributed by atoms with E-state index in [1.54, 1.807) is 36.3 Å². The molecule has 1 fully saturated rings. The Morgan fingerprint density at radius 1 is 1.09 bits per heavy atom. The van der Waals surface area contributed by atoms with Crippen molar-refractivity contribution < 1.29 is 38.7 Å². The number of aliphatic carboxylic acids is 1. The molecule has 1 aromatic heterocycles. The standard InChI is InChI=1S/C40H60N6O9S/c1-10-18-45(38(50)34(25(4)5)43-36(49)31-13-11-12-19-44(31)9)32(24(2)3)21-33(55-26(6)47)37-42-30(23-56-37)35(48)41-28(22-40(7,8)39(51)52)20-27-14-16-29(17-15-27)46(53)54/h14-17,23-25,28,31-34H,10-13,18-22H2,1-9H3,(H,41,48)(H,43,49)(H,51,52)/t28-,31+,32+,33+,34-/m0/s1. The van der Waals surface area contributed by atoms with Crippen LogP contribution in [-0.4, -0.2) is 98.8 Å². The minimum Gasteiger partial charge on any atom is -0.481 e. The lowest BCUT2D eigenvalue weighted by molar-refractivity contribution is -0.384. The summed E-state index contributed by atoms with van der Waals surface area (Å²) in [5.74, 6) is -2.82. The molecule has 0 unspecified atom stereocenters. The van der Waals surface area contributed by atoms with Crippen LogP contribution in [0.3, 0.4) is 0 Å². The minimum absolute atomic E-state index is 0.0434. The second-order valence-corrected chi connectivity index (χ2v) is 17.1. The molecule has 0 bridgehead atoms. The third-order valence-corrected chi connectivity index (χ3v) is 11.3. The first-order valence-corrected chi connectivity index (χ1v) is 20.3. The van der Waals surface area contributed by atoms with Crippen molar-refractivity contribution in [2.45, 2.75) is 131 Å². The summed E-state index contributed by atoms with van der Waals surface area (Å²) in [7, 11) is 1.93. The summed E-state index contributed by atoms with van der Waals surface area (Å²) in [6, 6.07) is 3.69. The number of carboxylic acids is 1. The maximum absolute atomic E-state index is 14.4. The zero-order valence-electron chi connectivity index (χ0n) is 34.2. The largest absolute Gasteiger partial charge is 0.481 e. The van der Waals surface area contributed by atoms with Gasteiger partial charge in [0.15, 0.2) is 6.10 Å². The van der Waals surface area contributed by atoms with Crippen LogP contribution in [0.25, 0.3) is 0 Å².